The van der Waals surface area contributed by atoms with E-state index in [1.54, 1.807) is 37.2 Å². The van der Waals surface area contributed by atoms with E-state index in [2.05, 4.69) is 25.7 Å². The maximum Gasteiger partial charge on any atom is 0.421 e. The van der Waals surface area contributed by atoms with Crippen LogP contribution in [-0.2, 0) is 13.2 Å². The predicted octanol–water partition coefficient (Wildman–Crippen LogP) is 3.18. The molecule has 0 fully saturated rings. The van der Waals surface area contributed by atoms with Crippen LogP contribution in [0.1, 0.15) is 5.56 Å². The number of benzene rings is 1. The summed E-state index contributed by atoms with van der Waals surface area (Å²) >= 11 is 0. The molecule has 1 aromatic carbocycles. The van der Waals surface area contributed by atoms with E-state index in [1.165, 1.54) is 7.05 Å². The molecular weight excluding hydrogens is 337 g/mol. The molecule has 10 heteroatoms. The number of hydrogen-bond acceptors (Lipinski definition) is 6. The van der Waals surface area contributed by atoms with Gasteiger partial charge in [0.2, 0.25) is 5.95 Å². The monoisotopic (exact) mass is 352 g/mol. The number of nitrogens with zero attached hydrogens (tertiary/aromatic N) is 4. The van der Waals surface area contributed by atoms with Crippen LogP contribution in [-0.4, -0.2) is 33.9 Å². The highest BCUT2D eigenvalue weighted by Crippen LogP contribution is 2.35. The second-order valence-electron chi connectivity index (χ2n) is 5.17. The smallest absolute Gasteiger partial charge is 0.421 e. The van der Waals surface area contributed by atoms with Crippen molar-refractivity contribution in [2.75, 3.05) is 24.8 Å². The Hall–Kier alpha value is -3.04. The number of anilines is 3. The molecule has 0 bridgehead atoms. The lowest BCUT2D eigenvalue weighted by Gasteiger charge is -2.13. The van der Waals surface area contributed by atoms with Crippen LogP contribution >= 0.6 is 0 Å². The number of aromatic nitrogens is 4. The lowest BCUT2D eigenvalue weighted by molar-refractivity contribution is -0.137. The van der Waals surface area contributed by atoms with Crippen LogP contribution in [0.4, 0.5) is 30.6 Å². The van der Waals surface area contributed by atoms with Crippen molar-refractivity contribution >= 4 is 28.4 Å². The molecule has 0 amide bonds. The number of methoxy groups -OCH3 is 1. The van der Waals surface area contributed by atoms with Crippen LogP contribution in [0.2, 0.25) is 0 Å². The highest BCUT2D eigenvalue weighted by atomic mass is 19.4. The first kappa shape index (κ1) is 16.8. The average Bonchev–Trinajstić information content (AvgIpc) is 2.97. The van der Waals surface area contributed by atoms with E-state index in [9.17, 15) is 13.2 Å². The van der Waals surface area contributed by atoms with Crippen molar-refractivity contribution < 1.29 is 17.9 Å². The zero-order valence-electron chi connectivity index (χ0n) is 13.6. The molecule has 0 aliphatic carbocycles. The minimum Gasteiger partial charge on any atom is -0.494 e. The molecule has 7 nitrogen and oxygen atoms in total. The van der Waals surface area contributed by atoms with Crippen LogP contribution < -0.4 is 15.4 Å². The van der Waals surface area contributed by atoms with Gasteiger partial charge in [-0.2, -0.15) is 23.3 Å². The quantitative estimate of drug-likeness (QED) is 0.751. The lowest BCUT2D eigenvalue weighted by Crippen LogP contribution is -2.12. The first-order chi connectivity index (χ1) is 11.8. The van der Waals surface area contributed by atoms with Gasteiger partial charge in [-0.25, -0.2) is 4.98 Å². The largest absolute Gasteiger partial charge is 0.494 e. The fraction of sp³-hybridized carbons (Fsp3) is 0.267. The van der Waals surface area contributed by atoms with E-state index in [0.717, 1.165) is 17.1 Å². The Balaban J connectivity index is 2.02. The maximum absolute atomic E-state index is 12.9. The van der Waals surface area contributed by atoms with Gasteiger partial charge < -0.3 is 15.4 Å². The highest BCUT2D eigenvalue weighted by molar-refractivity contribution is 5.96. The van der Waals surface area contributed by atoms with Crippen molar-refractivity contribution in [3.63, 3.8) is 0 Å². The second-order valence-corrected chi connectivity index (χ2v) is 5.17. The summed E-state index contributed by atoms with van der Waals surface area (Å²) in [7, 11) is 4.68. The summed E-state index contributed by atoms with van der Waals surface area (Å²) in [5.74, 6) is 0.360. The molecule has 0 atom stereocenters. The molecule has 0 saturated heterocycles. The fourth-order valence-electron chi connectivity index (χ4n) is 2.49. The first-order valence-corrected chi connectivity index (χ1v) is 7.23. The summed E-state index contributed by atoms with van der Waals surface area (Å²) in [6.07, 6.45) is -2.16. The Morgan fingerprint density at radius 2 is 1.96 bits per heavy atom. The third kappa shape index (κ3) is 3.02. The minimum absolute atomic E-state index is 0.0349. The van der Waals surface area contributed by atoms with Crippen LogP contribution in [0.15, 0.2) is 24.5 Å². The molecule has 25 heavy (non-hydrogen) atoms. The number of halogens is 3. The maximum atomic E-state index is 12.9. The molecular formula is C15H15F3N6O. The van der Waals surface area contributed by atoms with E-state index >= 15 is 0 Å². The summed E-state index contributed by atoms with van der Waals surface area (Å²) in [6, 6.07) is 3.46. The summed E-state index contributed by atoms with van der Waals surface area (Å²) < 4.78 is 45.7. The van der Waals surface area contributed by atoms with E-state index in [-0.39, 0.29) is 11.8 Å². The third-order valence-electron chi connectivity index (χ3n) is 3.66. The van der Waals surface area contributed by atoms with Crippen molar-refractivity contribution in [2.24, 2.45) is 7.05 Å². The van der Waals surface area contributed by atoms with E-state index in [4.69, 9.17) is 4.74 Å². The van der Waals surface area contributed by atoms with Gasteiger partial charge in [-0.15, -0.1) is 0 Å². The molecule has 0 radical (unpaired) electrons. The summed E-state index contributed by atoms with van der Waals surface area (Å²) in [6.45, 7) is 0. The molecule has 0 aliphatic heterocycles. The second kappa shape index (κ2) is 6.11. The fourth-order valence-corrected chi connectivity index (χ4v) is 2.49. The Morgan fingerprint density at radius 3 is 2.60 bits per heavy atom. The zero-order chi connectivity index (χ0) is 18.2. The number of nitrogens with one attached hydrogen (secondary N) is 2. The topological polar surface area (TPSA) is 76.9 Å². The van der Waals surface area contributed by atoms with Gasteiger partial charge in [0.25, 0.3) is 0 Å². The Bertz CT molecular complexity index is 922. The molecule has 2 N–H and O–H groups in total. The summed E-state index contributed by atoms with van der Waals surface area (Å²) in [5.41, 5.74) is 0.417. The zero-order valence-corrected chi connectivity index (χ0v) is 13.6. The Morgan fingerprint density at radius 1 is 1.20 bits per heavy atom. The molecule has 3 rings (SSSR count). The van der Waals surface area contributed by atoms with Crippen molar-refractivity contribution in [3.8, 4) is 5.75 Å². The molecule has 0 unspecified atom stereocenters. The van der Waals surface area contributed by atoms with Gasteiger partial charge >= 0.3 is 6.18 Å². The van der Waals surface area contributed by atoms with Crippen molar-refractivity contribution in [3.05, 3.63) is 30.1 Å². The molecule has 2 heterocycles. The van der Waals surface area contributed by atoms with Crippen LogP contribution in [0.25, 0.3) is 10.9 Å². The highest BCUT2D eigenvalue weighted by Gasteiger charge is 2.35. The van der Waals surface area contributed by atoms with Crippen LogP contribution in [0, 0.1) is 0 Å². The van der Waals surface area contributed by atoms with Gasteiger partial charge in [-0.05, 0) is 12.1 Å². The lowest BCUT2D eigenvalue weighted by atomic mass is 10.2. The Labute approximate surface area is 140 Å². The minimum atomic E-state index is -4.53. The first-order valence-electron chi connectivity index (χ1n) is 7.23. The molecule has 2 aromatic heterocycles. The van der Waals surface area contributed by atoms with Crippen molar-refractivity contribution in [2.45, 2.75) is 6.18 Å². The van der Waals surface area contributed by atoms with Gasteiger partial charge in [0, 0.05) is 25.7 Å². The molecule has 0 aliphatic rings. The van der Waals surface area contributed by atoms with Crippen LogP contribution in [0.5, 0.6) is 5.75 Å². The van der Waals surface area contributed by atoms with Gasteiger partial charge in [-0.1, -0.05) is 0 Å². The summed E-state index contributed by atoms with van der Waals surface area (Å²) in [5, 5.41) is 10.3. The normalized spacial score (nSPS) is 11.6. The number of aryl methyl sites for hydroxylation is 1. The van der Waals surface area contributed by atoms with Gasteiger partial charge in [-0.3, -0.25) is 4.68 Å². The van der Waals surface area contributed by atoms with Gasteiger partial charge in [0.15, 0.2) is 0 Å². The molecule has 0 spiro atoms. The number of ether oxygens (including phenoxy) is 1. The summed E-state index contributed by atoms with van der Waals surface area (Å²) in [4.78, 5) is 7.66. The van der Waals surface area contributed by atoms with Gasteiger partial charge in [0.05, 0.1) is 19.0 Å². The molecule has 132 valence electrons. The third-order valence-corrected chi connectivity index (χ3v) is 3.66. The SMILES string of the molecule is CNc1nc(Nc2ccc(OC)c3c2cnn3C)ncc1C(F)(F)F. The average molecular weight is 352 g/mol. The van der Waals surface area contributed by atoms with E-state index in [1.807, 2.05) is 0 Å². The van der Waals surface area contributed by atoms with E-state index < -0.39 is 11.7 Å². The predicted molar refractivity (Wildman–Crippen MR) is 87.1 cm³/mol. The molecule has 3 aromatic rings. The van der Waals surface area contributed by atoms with Crippen molar-refractivity contribution in [1.82, 2.24) is 19.7 Å². The van der Waals surface area contributed by atoms with Gasteiger partial charge in [0.1, 0.15) is 22.6 Å². The standard InChI is InChI=1S/C15H15F3N6O/c1-19-13-9(15(16,17)18)7-20-14(23-13)22-10-4-5-11(25-3)12-8(10)6-21-24(12)2/h4-7H,1-3H3,(H2,19,20,22,23). The number of hydrogen-bond donors (Lipinski definition) is 2. The van der Waals surface area contributed by atoms with Crippen LogP contribution in [0.3, 0.4) is 0 Å². The Kier molecular flexibility index (Phi) is 4.11. The number of rotatable bonds is 4. The molecule has 0 saturated carbocycles. The van der Waals surface area contributed by atoms with E-state index in [0.29, 0.717) is 11.4 Å². The van der Waals surface area contributed by atoms with Crippen molar-refractivity contribution in [1.29, 1.82) is 0 Å². The number of alkyl halides is 3. The number of fused-ring (bicyclic) bond motifs is 1.